The van der Waals surface area contributed by atoms with Crippen molar-refractivity contribution in [3.05, 3.63) is 28.3 Å². The largest absolute Gasteiger partial charge is 0.461 e. The first kappa shape index (κ1) is 20.3. The number of fused-ring (bicyclic) bond motifs is 1. The van der Waals surface area contributed by atoms with Crippen LogP contribution < -0.4 is 0 Å². The number of rotatable bonds is 3. The maximum Gasteiger partial charge on any atom is 0.410 e. The van der Waals surface area contributed by atoms with E-state index in [2.05, 4.69) is 6.07 Å². The van der Waals surface area contributed by atoms with E-state index in [-0.39, 0.29) is 18.2 Å². The van der Waals surface area contributed by atoms with E-state index >= 15 is 0 Å². The number of cyclic esters (lactones) is 1. The van der Waals surface area contributed by atoms with Crippen LogP contribution in [0, 0.1) is 0 Å². The highest BCUT2D eigenvalue weighted by Gasteiger charge is 2.27. The van der Waals surface area contributed by atoms with Gasteiger partial charge in [0.1, 0.15) is 11.7 Å². The summed E-state index contributed by atoms with van der Waals surface area (Å²) in [6.45, 7) is 6.87. The van der Waals surface area contributed by atoms with Gasteiger partial charge >= 0.3 is 12.1 Å². The van der Waals surface area contributed by atoms with Gasteiger partial charge in [0.2, 0.25) is 0 Å². The lowest BCUT2D eigenvalue weighted by Gasteiger charge is -2.26. The van der Waals surface area contributed by atoms with Crippen molar-refractivity contribution in [1.29, 1.82) is 0 Å². The fourth-order valence-corrected chi connectivity index (χ4v) is 4.84. The molecule has 2 aliphatic heterocycles. The van der Waals surface area contributed by atoms with Crippen LogP contribution in [0.15, 0.2) is 17.0 Å². The zero-order chi connectivity index (χ0) is 19.6. The molecule has 2 heterocycles. The number of ether oxygens (including phenoxy) is 2. The first-order valence-corrected chi connectivity index (χ1v) is 10.7. The summed E-state index contributed by atoms with van der Waals surface area (Å²) in [5, 5.41) is 0.716. The van der Waals surface area contributed by atoms with Gasteiger partial charge in [0.15, 0.2) is 0 Å². The molecule has 0 saturated carbocycles. The Morgan fingerprint density at radius 1 is 1.30 bits per heavy atom. The molecule has 0 aliphatic carbocycles. The smallest absolute Gasteiger partial charge is 0.410 e. The first-order valence-electron chi connectivity index (χ1n) is 9.33. The predicted octanol–water partition coefficient (Wildman–Crippen LogP) is 4.47. The summed E-state index contributed by atoms with van der Waals surface area (Å²) in [5.41, 5.74) is 1.92. The number of hydrogen-bond acceptors (Lipinski definition) is 5. The van der Waals surface area contributed by atoms with Crippen molar-refractivity contribution in [3.8, 4) is 0 Å². The topological polar surface area (TPSA) is 55.8 Å². The lowest BCUT2D eigenvalue weighted by Crippen LogP contribution is -2.38. The Morgan fingerprint density at radius 2 is 2.04 bits per heavy atom. The molecule has 1 aromatic carbocycles. The van der Waals surface area contributed by atoms with Gasteiger partial charge in [-0.1, -0.05) is 17.7 Å². The molecule has 0 unspecified atom stereocenters. The molecule has 1 atom stereocenters. The van der Waals surface area contributed by atoms with Gasteiger partial charge in [-0.2, -0.15) is 0 Å². The summed E-state index contributed by atoms with van der Waals surface area (Å²) in [7, 11) is 0. The second-order valence-corrected chi connectivity index (χ2v) is 9.38. The molecule has 2 aliphatic rings. The molecule has 1 amide bonds. The van der Waals surface area contributed by atoms with Gasteiger partial charge in [0, 0.05) is 30.2 Å². The molecule has 5 nitrogen and oxygen atoms in total. The fraction of sp³-hybridized carbons (Fsp3) is 0.600. The highest BCUT2D eigenvalue weighted by Crippen LogP contribution is 2.36. The Hall–Kier alpha value is -1.40. The minimum Gasteiger partial charge on any atom is -0.461 e. The van der Waals surface area contributed by atoms with E-state index in [0.717, 1.165) is 24.2 Å². The summed E-state index contributed by atoms with van der Waals surface area (Å²) in [5.74, 6) is 0.587. The molecule has 0 bridgehead atoms. The predicted molar refractivity (Wildman–Crippen MR) is 107 cm³/mol. The Bertz CT molecular complexity index is 731. The van der Waals surface area contributed by atoms with Crippen LogP contribution >= 0.6 is 23.4 Å². The van der Waals surface area contributed by atoms with E-state index in [9.17, 15) is 9.59 Å². The van der Waals surface area contributed by atoms with Crippen LogP contribution in [0.4, 0.5) is 4.79 Å². The Kier molecular flexibility index (Phi) is 6.26. The van der Waals surface area contributed by atoms with Crippen LogP contribution in [0.1, 0.15) is 44.7 Å². The molecule has 3 rings (SSSR count). The average molecular weight is 412 g/mol. The number of hydrogen-bond donors (Lipinski definition) is 0. The summed E-state index contributed by atoms with van der Waals surface area (Å²) >= 11 is 8.13. The van der Waals surface area contributed by atoms with E-state index in [4.69, 9.17) is 21.1 Å². The number of carbonyl (C=O) groups excluding carboxylic acids is 2. The average Bonchev–Trinajstić information content (AvgIpc) is 2.86. The van der Waals surface area contributed by atoms with Gasteiger partial charge < -0.3 is 14.4 Å². The second kappa shape index (κ2) is 8.31. The number of esters is 1. The molecule has 1 aromatic rings. The zero-order valence-electron chi connectivity index (χ0n) is 16.0. The lowest BCUT2D eigenvalue weighted by atomic mass is 10.0. The summed E-state index contributed by atoms with van der Waals surface area (Å²) in [4.78, 5) is 26.5. The normalized spacial score (nSPS) is 20.1. The molecule has 0 aromatic heterocycles. The van der Waals surface area contributed by atoms with Crippen LogP contribution in [-0.4, -0.2) is 47.5 Å². The van der Waals surface area contributed by atoms with Gasteiger partial charge in [-0.05, 0) is 57.2 Å². The van der Waals surface area contributed by atoms with E-state index in [1.807, 2.05) is 26.8 Å². The third kappa shape index (κ3) is 5.32. The number of halogens is 1. The van der Waals surface area contributed by atoms with Crippen molar-refractivity contribution in [2.75, 3.05) is 18.8 Å². The quantitative estimate of drug-likeness (QED) is 0.542. The van der Waals surface area contributed by atoms with Crippen molar-refractivity contribution >= 4 is 35.4 Å². The zero-order valence-corrected chi connectivity index (χ0v) is 17.6. The number of thioether (sulfide) groups is 1. The standard InChI is InChI=1S/C20H26ClNO4S/c1-20(2,3)26-19(24)22-10-8-13-4-6-16(21)18(15(13)9-11-22)27-12-14-5-7-17(23)25-14/h4,6,14H,5,7-12H2,1-3H3/t14-/m0/s1. The highest BCUT2D eigenvalue weighted by atomic mass is 35.5. The molecule has 7 heteroatoms. The fourth-order valence-electron chi connectivity index (χ4n) is 3.30. The maximum atomic E-state index is 12.4. The molecule has 1 fully saturated rings. The number of nitrogens with zero attached hydrogens (tertiary/aromatic N) is 1. The summed E-state index contributed by atoms with van der Waals surface area (Å²) in [6, 6.07) is 3.97. The Labute approximate surface area is 169 Å². The van der Waals surface area contributed by atoms with Crippen molar-refractivity contribution in [2.24, 2.45) is 0 Å². The van der Waals surface area contributed by atoms with Gasteiger partial charge in [-0.25, -0.2) is 4.79 Å². The highest BCUT2D eigenvalue weighted by molar-refractivity contribution is 7.99. The van der Waals surface area contributed by atoms with Crippen molar-refractivity contribution in [1.82, 2.24) is 4.90 Å². The Morgan fingerprint density at radius 3 is 2.70 bits per heavy atom. The van der Waals surface area contributed by atoms with Gasteiger partial charge in [-0.3, -0.25) is 4.79 Å². The SMILES string of the molecule is CC(C)(C)OC(=O)N1CCc2ccc(Cl)c(SC[C@@H]3CCC(=O)O3)c2CC1. The molecule has 27 heavy (non-hydrogen) atoms. The van der Waals surface area contributed by atoms with Crippen molar-refractivity contribution in [2.45, 2.75) is 63.1 Å². The van der Waals surface area contributed by atoms with Crippen LogP contribution in [0.25, 0.3) is 0 Å². The van der Waals surface area contributed by atoms with E-state index in [0.29, 0.717) is 30.3 Å². The van der Waals surface area contributed by atoms with Gasteiger partial charge in [0.25, 0.3) is 0 Å². The third-order valence-electron chi connectivity index (χ3n) is 4.63. The minimum atomic E-state index is -0.501. The molecule has 148 valence electrons. The van der Waals surface area contributed by atoms with E-state index < -0.39 is 5.60 Å². The van der Waals surface area contributed by atoms with Crippen LogP contribution in [0.3, 0.4) is 0 Å². The summed E-state index contributed by atoms with van der Waals surface area (Å²) in [6.07, 6.45) is 2.47. The summed E-state index contributed by atoms with van der Waals surface area (Å²) < 4.78 is 10.8. The molecule has 0 spiro atoms. The van der Waals surface area contributed by atoms with E-state index in [1.54, 1.807) is 16.7 Å². The monoisotopic (exact) mass is 411 g/mol. The first-order chi connectivity index (χ1) is 12.7. The number of carbonyl (C=O) groups is 2. The molecular weight excluding hydrogens is 386 g/mol. The van der Waals surface area contributed by atoms with Crippen LogP contribution in [0.5, 0.6) is 0 Å². The molecule has 1 saturated heterocycles. The second-order valence-electron chi connectivity index (χ2n) is 7.94. The minimum absolute atomic E-state index is 0.0431. The molecule has 0 N–H and O–H groups in total. The maximum absolute atomic E-state index is 12.4. The number of benzene rings is 1. The van der Waals surface area contributed by atoms with Crippen LogP contribution in [0.2, 0.25) is 5.02 Å². The van der Waals surface area contributed by atoms with Gasteiger partial charge in [0.05, 0.1) is 5.02 Å². The van der Waals surface area contributed by atoms with Gasteiger partial charge in [-0.15, -0.1) is 11.8 Å². The van der Waals surface area contributed by atoms with E-state index in [1.165, 1.54) is 11.1 Å². The number of amides is 1. The van der Waals surface area contributed by atoms with Crippen LogP contribution in [-0.2, 0) is 27.1 Å². The molecular formula is C20H26ClNO4S. The lowest BCUT2D eigenvalue weighted by molar-refractivity contribution is -0.140. The third-order valence-corrected chi connectivity index (χ3v) is 6.35. The van der Waals surface area contributed by atoms with Crippen molar-refractivity contribution in [3.63, 3.8) is 0 Å². The van der Waals surface area contributed by atoms with Crippen molar-refractivity contribution < 1.29 is 19.1 Å². The Balaban J connectivity index is 1.70. The molecule has 0 radical (unpaired) electrons.